The quantitative estimate of drug-likeness (QED) is 0.507. The van der Waals surface area contributed by atoms with Crippen molar-refractivity contribution in [3.05, 3.63) is 29.3 Å². The maximum absolute atomic E-state index is 11.7. The number of carboxylic acids is 1. The van der Waals surface area contributed by atoms with Gasteiger partial charge in [0.2, 0.25) is 0 Å². The lowest BCUT2D eigenvalue weighted by molar-refractivity contribution is -0.139. The van der Waals surface area contributed by atoms with Crippen LogP contribution < -0.4 is 11.1 Å². The molecule has 0 radical (unpaired) electrons. The molecule has 4 N–H and O–H groups in total. The number of benzene rings is 1. The lowest BCUT2D eigenvalue weighted by Gasteiger charge is -2.08. The van der Waals surface area contributed by atoms with Gasteiger partial charge < -0.3 is 20.9 Å². The molecule has 1 amide bonds. The molecule has 0 fully saturated rings. The summed E-state index contributed by atoms with van der Waals surface area (Å²) in [7, 11) is 1.19. The molecule has 0 aliphatic heterocycles. The number of hydrogen-bond donors (Lipinski definition) is 3. The minimum absolute atomic E-state index is 0.00111. The molecular weight excluding hydrogens is 240 g/mol. The molecule has 1 rings (SSSR count). The number of hydrogen-bond acceptors (Lipinski definition) is 5. The fourth-order valence-electron chi connectivity index (χ4n) is 1.27. The smallest absolute Gasteiger partial charge is 0.337 e. The zero-order chi connectivity index (χ0) is 13.7. The third-order valence-electron chi connectivity index (χ3n) is 2.20. The van der Waals surface area contributed by atoms with Crippen molar-refractivity contribution >= 4 is 23.5 Å². The number of para-hydroxylation sites is 1. The number of ether oxygens (including phenoxy) is 1. The molecule has 0 saturated heterocycles. The standard InChI is InChI=1S/C11H12N2O5/c1-18-8(14)5-13-10(15)6-3-2-4-7(9(6)12)11(16)17/h2-4H,5,12H2,1H3,(H,13,15)(H,16,17). The van der Waals surface area contributed by atoms with Gasteiger partial charge in [0.15, 0.2) is 0 Å². The number of anilines is 1. The monoisotopic (exact) mass is 252 g/mol. The molecule has 0 saturated carbocycles. The van der Waals surface area contributed by atoms with Crippen LogP contribution in [0.4, 0.5) is 5.69 Å². The van der Waals surface area contributed by atoms with Crippen molar-refractivity contribution < 1.29 is 24.2 Å². The first-order valence-electron chi connectivity index (χ1n) is 4.94. The number of nitrogens with one attached hydrogen (secondary N) is 1. The third-order valence-corrected chi connectivity index (χ3v) is 2.20. The van der Waals surface area contributed by atoms with Crippen LogP contribution in [-0.4, -0.2) is 36.6 Å². The van der Waals surface area contributed by atoms with Gasteiger partial charge in [-0.05, 0) is 12.1 Å². The fraction of sp³-hybridized carbons (Fsp3) is 0.182. The van der Waals surface area contributed by atoms with E-state index in [1.54, 1.807) is 0 Å². The molecule has 7 heteroatoms. The first-order chi connectivity index (χ1) is 8.47. The van der Waals surface area contributed by atoms with Crippen LogP contribution >= 0.6 is 0 Å². The molecule has 0 bridgehead atoms. The number of esters is 1. The minimum Gasteiger partial charge on any atom is -0.478 e. The Kier molecular flexibility index (Phi) is 4.25. The Balaban J connectivity index is 2.90. The molecule has 0 spiro atoms. The number of aromatic carboxylic acids is 1. The number of carbonyl (C=O) groups is 3. The van der Waals surface area contributed by atoms with Crippen LogP contribution in [0, 0.1) is 0 Å². The van der Waals surface area contributed by atoms with Crippen molar-refractivity contribution in [3.8, 4) is 0 Å². The van der Waals surface area contributed by atoms with E-state index in [-0.39, 0.29) is 23.4 Å². The number of carboxylic acid groups (broad SMARTS) is 1. The Morgan fingerprint density at radius 3 is 2.50 bits per heavy atom. The summed E-state index contributed by atoms with van der Waals surface area (Å²) in [6.45, 7) is -0.313. The summed E-state index contributed by atoms with van der Waals surface area (Å²) < 4.78 is 4.35. The summed E-state index contributed by atoms with van der Waals surface area (Å²) in [5.74, 6) is -2.48. The van der Waals surface area contributed by atoms with Crippen LogP contribution in [-0.2, 0) is 9.53 Å². The fourth-order valence-corrected chi connectivity index (χ4v) is 1.27. The highest BCUT2D eigenvalue weighted by Gasteiger charge is 2.16. The summed E-state index contributed by atoms with van der Waals surface area (Å²) in [6.07, 6.45) is 0. The van der Waals surface area contributed by atoms with Gasteiger partial charge in [-0.2, -0.15) is 0 Å². The van der Waals surface area contributed by atoms with Gasteiger partial charge in [-0.15, -0.1) is 0 Å². The Bertz CT molecular complexity index is 498. The number of carbonyl (C=O) groups excluding carboxylic acids is 2. The Morgan fingerprint density at radius 1 is 1.33 bits per heavy atom. The van der Waals surface area contributed by atoms with Crippen LogP contribution in [0.15, 0.2) is 18.2 Å². The van der Waals surface area contributed by atoms with Crippen LogP contribution in [0.2, 0.25) is 0 Å². The number of nitrogens with two attached hydrogens (primary N) is 1. The van der Waals surface area contributed by atoms with E-state index < -0.39 is 17.8 Å². The van der Waals surface area contributed by atoms with Crippen molar-refractivity contribution in [1.29, 1.82) is 0 Å². The number of methoxy groups -OCH3 is 1. The predicted octanol–water partition coefficient (Wildman–Crippen LogP) is -0.130. The highest BCUT2D eigenvalue weighted by Crippen LogP contribution is 2.17. The molecule has 1 aromatic carbocycles. The Labute approximate surface area is 103 Å². The Hall–Kier alpha value is -2.57. The van der Waals surface area contributed by atoms with Gasteiger partial charge in [0.1, 0.15) is 6.54 Å². The molecule has 1 aromatic rings. The number of rotatable bonds is 4. The topological polar surface area (TPSA) is 119 Å². The Morgan fingerprint density at radius 2 is 1.94 bits per heavy atom. The van der Waals surface area contributed by atoms with E-state index in [2.05, 4.69) is 10.1 Å². The van der Waals surface area contributed by atoms with E-state index in [1.165, 1.54) is 25.3 Å². The zero-order valence-electron chi connectivity index (χ0n) is 9.60. The lowest BCUT2D eigenvalue weighted by Crippen LogP contribution is -2.30. The summed E-state index contributed by atoms with van der Waals surface area (Å²) in [4.78, 5) is 33.3. The molecule has 7 nitrogen and oxygen atoms in total. The molecule has 0 heterocycles. The normalized spacial score (nSPS) is 9.61. The second-order valence-electron chi connectivity index (χ2n) is 3.33. The van der Waals surface area contributed by atoms with E-state index in [1.807, 2.05) is 0 Å². The zero-order valence-corrected chi connectivity index (χ0v) is 9.60. The number of amides is 1. The molecule has 18 heavy (non-hydrogen) atoms. The molecule has 0 atom stereocenters. The van der Waals surface area contributed by atoms with Crippen molar-refractivity contribution in [2.45, 2.75) is 0 Å². The van der Waals surface area contributed by atoms with Crippen LogP contribution in [0.25, 0.3) is 0 Å². The second kappa shape index (κ2) is 5.67. The maximum atomic E-state index is 11.7. The van der Waals surface area contributed by atoms with Gasteiger partial charge in [-0.1, -0.05) is 6.07 Å². The van der Waals surface area contributed by atoms with Gasteiger partial charge in [-0.3, -0.25) is 9.59 Å². The summed E-state index contributed by atoms with van der Waals surface area (Å²) in [5, 5.41) is 11.1. The molecule has 0 aliphatic rings. The van der Waals surface area contributed by atoms with E-state index in [0.717, 1.165) is 0 Å². The van der Waals surface area contributed by atoms with E-state index in [0.29, 0.717) is 0 Å². The SMILES string of the molecule is COC(=O)CNC(=O)c1cccc(C(=O)O)c1N. The first-order valence-corrected chi connectivity index (χ1v) is 4.94. The van der Waals surface area contributed by atoms with Gasteiger partial charge >= 0.3 is 11.9 Å². The van der Waals surface area contributed by atoms with Crippen LogP contribution in [0.3, 0.4) is 0 Å². The second-order valence-corrected chi connectivity index (χ2v) is 3.33. The van der Waals surface area contributed by atoms with Gasteiger partial charge in [-0.25, -0.2) is 4.79 Å². The molecule has 0 unspecified atom stereocenters. The van der Waals surface area contributed by atoms with Gasteiger partial charge in [0.25, 0.3) is 5.91 Å². The molecule has 0 aliphatic carbocycles. The highest BCUT2D eigenvalue weighted by atomic mass is 16.5. The van der Waals surface area contributed by atoms with Gasteiger partial charge in [0, 0.05) is 0 Å². The average Bonchev–Trinajstić information content (AvgIpc) is 2.35. The van der Waals surface area contributed by atoms with Crippen molar-refractivity contribution in [3.63, 3.8) is 0 Å². The van der Waals surface area contributed by atoms with Crippen molar-refractivity contribution in [2.24, 2.45) is 0 Å². The summed E-state index contributed by atoms with van der Waals surface area (Å²) in [5.41, 5.74) is 5.25. The largest absolute Gasteiger partial charge is 0.478 e. The predicted molar refractivity (Wildman–Crippen MR) is 62.2 cm³/mol. The molecular formula is C11H12N2O5. The van der Waals surface area contributed by atoms with Crippen LogP contribution in [0.5, 0.6) is 0 Å². The third kappa shape index (κ3) is 2.97. The minimum atomic E-state index is -1.23. The molecule has 96 valence electrons. The maximum Gasteiger partial charge on any atom is 0.337 e. The van der Waals surface area contributed by atoms with E-state index in [9.17, 15) is 14.4 Å². The van der Waals surface area contributed by atoms with Crippen LogP contribution in [0.1, 0.15) is 20.7 Å². The molecule has 0 aromatic heterocycles. The summed E-state index contributed by atoms with van der Waals surface area (Å²) >= 11 is 0. The average molecular weight is 252 g/mol. The van der Waals surface area contributed by atoms with Crippen molar-refractivity contribution in [1.82, 2.24) is 5.32 Å². The van der Waals surface area contributed by atoms with Gasteiger partial charge in [0.05, 0.1) is 23.9 Å². The van der Waals surface area contributed by atoms with E-state index >= 15 is 0 Å². The first kappa shape index (κ1) is 13.5. The number of nitrogen functional groups attached to an aromatic ring is 1. The van der Waals surface area contributed by atoms with E-state index in [4.69, 9.17) is 10.8 Å². The summed E-state index contributed by atoms with van der Waals surface area (Å²) in [6, 6.07) is 4.05. The lowest BCUT2D eigenvalue weighted by atomic mass is 10.1. The van der Waals surface area contributed by atoms with Crippen molar-refractivity contribution in [2.75, 3.05) is 19.4 Å². The highest BCUT2D eigenvalue weighted by molar-refractivity contribution is 6.05.